The van der Waals surface area contributed by atoms with E-state index in [4.69, 9.17) is 0 Å². The van der Waals surface area contributed by atoms with E-state index >= 15 is 0 Å². The first-order valence-corrected chi connectivity index (χ1v) is 2.64. The fourth-order valence-corrected chi connectivity index (χ4v) is 0.316. The Hall–Kier alpha value is 1.31. The van der Waals surface area contributed by atoms with Crippen molar-refractivity contribution in [1.29, 1.82) is 0 Å². The van der Waals surface area contributed by atoms with Gasteiger partial charge in [-0.25, -0.2) is 0 Å². The van der Waals surface area contributed by atoms with Gasteiger partial charge in [0.05, 0.1) is 0 Å². The van der Waals surface area contributed by atoms with Crippen molar-refractivity contribution < 1.29 is 43.9 Å². The van der Waals surface area contributed by atoms with Gasteiger partial charge >= 0.3 is 29.6 Å². The molecule has 0 atom stereocenters. The Morgan fingerprint density at radius 2 is 2.00 bits per heavy atom. The first-order chi connectivity index (χ1) is 2.77. The van der Waals surface area contributed by atoms with Crippen LogP contribution in [0.25, 0.3) is 0 Å². The molecule has 3 nitrogen and oxygen atoms in total. The van der Waals surface area contributed by atoms with Gasteiger partial charge in [-0.05, 0) is 6.92 Å². The fraction of sp³-hybridized carbons (Fsp3) is 1.00. The van der Waals surface area contributed by atoms with E-state index in [1.54, 1.807) is 6.92 Å². The van der Waals surface area contributed by atoms with E-state index in [-0.39, 0.29) is 36.2 Å². The first kappa shape index (κ1) is 11.2. The minimum absolute atomic E-state index is 0. The average molecular weight is 131 g/mol. The molecule has 0 heterocycles. The van der Waals surface area contributed by atoms with Crippen molar-refractivity contribution in [3.63, 3.8) is 0 Å². The molecule has 0 aromatic rings. The van der Waals surface area contributed by atoms with Crippen LogP contribution in [0.2, 0.25) is 0 Å². The van der Waals surface area contributed by atoms with Gasteiger partial charge in [-0.1, -0.05) is 0 Å². The van der Waals surface area contributed by atoms with Crippen molar-refractivity contribution in [1.82, 2.24) is 0 Å². The molecule has 0 aliphatic rings. The van der Waals surface area contributed by atoms with Gasteiger partial charge in [0.25, 0.3) is 0 Å². The van der Waals surface area contributed by atoms with Crippen LogP contribution < -0.4 is 39.3 Å². The van der Waals surface area contributed by atoms with Gasteiger partial charge in [0.2, 0.25) is 0 Å². The minimum Gasteiger partial charge on any atom is -0.820 e. The average Bonchev–Trinajstić information content (AvgIpc) is 1.35. The summed E-state index contributed by atoms with van der Waals surface area (Å²) in [7, 11) is -2.60. The van der Waals surface area contributed by atoms with Crippen LogP contribution in [0.5, 0.6) is 0 Å². The second-order valence-electron chi connectivity index (χ2n) is 0.641. The molecule has 5 heteroatoms. The van der Waals surface area contributed by atoms with Gasteiger partial charge in [-0.3, -0.25) is 0 Å². The SMILES string of the molecule is CCOP([O-])[O-].[Na+]. The molecule has 0 N–H and O–H groups in total. The normalized spacial score (nSPS) is 8.57. The van der Waals surface area contributed by atoms with Crippen LogP contribution in [0.3, 0.4) is 0 Å². The second kappa shape index (κ2) is 7.31. The molecule has 0 rings (SSSR count). The zero-order chi connectivity index (χ0) is 4.99. The molecular formula is C2H5NaO3P-. The molecule has 0 aliphatic carbocycles. The molecule has 0 amide bonds. The summed E-state index contributed by atoms with van der Waals surface area (Å²) >= 11 is 0. The number of hydrogen-bond donors (Lipinski definition) is 0. The standard InChI is InChI=1S/C2H5O3P.Na/c1-2-5-6(3)4;/h2H2,1H3;/q-2;+1. The Morgan fingerprint density at radius 1 is 1.57 bits per heavy atom. The molecule has 0 fully saturated rings. The largest absolute Gasteiger partial charge is 1.00 e. The van der Waals surface area contributed by atoms with Crippen molar-refractivity contribution >= 4 is 8.60 Å². The molecule has 0 aliphatic heterocycles. The smallest absolute Gasteiger partial charge is 0.820 e. The molecule has 0 radical (unpaired) electrons. The molecule has 0 unspecified atom stereocenters. The third-order valence-electron chi connectivity index (χ3n) is 0.235. The summed E-state index contributed by atoms with van der Waals surface area (Å²) in [4.78, 5) is 18.8. The topological polar surface area (TPSA) is 55.3 Å². The maximum atomic E-state index is 9.41. The fourth-order valence-electron chi connectivity index (χ4n) is 0.105. The van der Waals surface area contributed by atoms with E-state index in [1.165, 1.54) is 0 Å². The van der Waals surface area contributed by atoms with Crippen LogP contribution in [-0.4, -0.2) is 6.61 Å². The van der Waals surface area contributed by atoms with Crippen LogP contribution >= 0.6 is 8.60 Å². The maximum absolute atomic E-state index is 9.41. The van der Waals surface area contributed by atoms with Crippen molar-refractivity contribution in [2.75, 3.05) is 6.61 Å². The zero-order valence-corrected chi connectivity index (χ0v) is 7.27. The Kier molecular flexibility index (Phi) is 11.6. The summed E-state index contributed by atoms with van der Waals surface area (Å²) in [6, 6.07) is 0. The predicted molar refractivity (Wildman–Crippen MR) is 18.5 cm³/mol. The number of rotatable bonds is 2. The summed E-state index contributed by atoms with van der Waals surface area (Å²) in [5.74, 6) is 0. The van der Waals surface area contributed by atoms with Crippen LogP contribution in [0, 0.1) is 0 Å². The third kappa shape index (κ3) is 11.1. The van der Waals surface area contributed by atoms with E-state index in [0.717, 1.165) is 0 Å². The van der Waals surface area contributed by atoms with Crippen LogP contribution in [0.15, 0.2) is 0 Å². The summed E-state index contributed by atoms with van der Waals surface area (Å²) in [6.07, 6.45) is 0. The number of hydrogen-bond acceptors (Lipinski definition) is 3. The Bertz CT molecular complexity index is 34.1. The Balaban J connectivity index is 0. The molecule has 7 heavy (non-hydrogen) atoms. The van der Waals surface area contributed by atoms with Crippen molar-refractivity contribution in [3.8, 4) is 0 Å². The van der Waals surface area contributed by atoms with Crippen LogP contribution in [-0.2, 0) is 4.52 Å². The first-order valence-electron chi connectivity index (χ1n) is 1.54. The zero-order valence-electron chi connectivity index (χ0n) is 4.38. The quantitative estimate of drug-likeness (QED) is 0.283. The molecule has 38 valence electrons. The Morgan fingerprint density at radius 3 is 2.00 bits per heavy atom. The van der Waals surface area contributed by atoms with Crippen molar-refractivity contribution in [2.45, 2.75) is 6.92 Å². The molecular weight excluding hydrogens is 126 g/mol. The van der Waals surface area contributed by atoms with Crippen LogP contribution in [0.4, 0.5) is 0 Å². The minimum atomic E-state index is -2.60. The van der Waals surface area contributed by atoms with Gasteiger partial charge < -0.3 is 14.3 Å². The van der Waals surface area contributed by atoms with Gasteiger partial charge in [0.15, 0.2) is 0 Å². The summed E-state index contributed by atoms with van der Waals surface area (Å²) in [5, 5.41) is 0. The van der Waals surface area contributed by atoms with Gasteiger partial charge in [-0.2, -0.15) is 8.60 Å². The van der Waals surface area contributed by atoms with E-state index in [9.17, 15) is 9.79 Å². The van der Waals surface area contributed by atoms with E-state index in [2.05, 4.69) is 4.52 Å². The molecule has 0 saturated heterocycles. The Labute approximate surface area is 66.0 Å². The van der Waals surface area contributed by atoms with Gasteiger partial charge in [0, 0.05) is 6.61 Å². The van der Waals surface area contributed by atoms with E-state index in [0.29, 0.717) is 0 Å². The second-order valence-corrected chi connectivity index (χ2v) is 1.35. The molecule has 0 spiro atoms. The predicted octanol–water partition coefficient (Wildman–Crippen LogP) is -4.03. The monoisotopic (exact) mass is 131 g/mol. The van der Waals surface area contributed by atoms with E-state index in [1.807, 2.05) is 0 Å². The summed E-state index contributed by atoms with van der Waals surface area (Å²) < 4.78 is 4.00. The van der Waals surface area contributed by atoms with Gasteiger partial charge in [0.1, 0.15) is 0 Å². The molecule has 0 saturated carbocycles. The summed E-state index contributed by atoms with van der Waals surface area (Å²) in [6.45, 7) is 1.85. The third-order valence-corrected chi connectivity index (χ3v) is 0.704. The maximum Gasteiger partial charge on any atom is 1.00 e. The van der Waals surface area contributed by atoms with Crippen molar-refractivity contribution in [2.24, 2.45) is 0 Å². The van der Waals surface area contributed by atoms with Gasteiger partial charge in [-0.15, -0.1) is 0 Å². The van der Waals surface area contributed by atoms with Crippen LogP contribution in [0.1, 0.15) is 6.92 Å². The van der Waals surface area contributed by atoms with Crippen molar-refractivity contribution in [3.05, 3.63) is 0 Å². The summed E-state index contributed by atoms with van der Waals surface area (Å²) in [5.41, 5.74) is 0. The molecule has 0 aromatic heterocycles. The molecule has 0 bridgehead atoms. The molecule has 0 aromatic carbocycles. The van der Waals surface area contributed by atoms with E-state index < -0.39 is 8.60 Å².